The fourth-order valence-electron chi connectivity index (χ4n) is 4.17. The summed E-state index contributed by atoms with van der Waals surface area (Å²) in [7, 11) is 3.12. The molecule has 216 valence electrons. The third-order valence-corrected chi connectivity index (χ3v) is 7.00. The van der Waals surface area contributed by atoms with Crippen molar-refractivity contribution in [1.82, 2.24) is 14.6 Å². The van der Waals surface area contributed by atoms with Crippen LogP contribution in [0.25, 0.3) is 27.4 Å². The molecule has 0 atom stereocenters. The van der Waals surface area contributed by atoms with Gasteiger partial charge in [-0.15, -0.1) is 18.3 Å². The third kappa shape index (κ3) is 6.05. The van der Waals surface area contributed by atoms with E-state index in [4.69, 9.17) is 23.4 Å². The van der Waals surface area contributed by atoms with E-state index in [2.05, 4.69) is 14.8 Å². The number of ether oxygens (including phenoxy) is 5. The molecule has 0 N–H and O–H groups in total. The Kier molecular flexibility index (Phi) is 7.25. The van der Waals surface area contributed by atoms with Crippen molar-refractivity contribution in [3.8, 4) is 39.6 Å². The summed E-state index contributed by atoms with van der Waals surface area (Å²) in [6.07, 6.45) is -2.97. The summed E-state index contributed by atoms with van der Waals surface area (Å²) in [6, 6.07) is 18.3. The molecule has 6 rings (SSSR count). The Bertz CT molecular complexity index is 1810. The van der Waals surface area contributed by atoms with Crippen molar-refractivity contribution in [3.63, 3.8) is 0 Å². The van der Waals surface area contributed by atoms with E-state index in [-0.39, 0.29) is 19.0 Å². The zero-order valence-corrected chi connectivity index (χ0v) is 23.0. The Morgan fingerprint density at radius 1 is 0.857 bits per heavy atom. The number of imidazole rings is 1. The van der Waals surface area contributed by atoms with Crippen LogP contribution >= 0.6 is 11.3 Å². The van der Waals surface area contributed by atoms with Crippen molar-refractivity contribution in [2.24, 2.45) is 0 Å². The van der Waals surface area contributed by atoms with Gasteiger partial charge >= 0.3 is 6.36 Å². The van der Waals surface area contributed by atoms with Gasteiger partial charge in [-0.3, -0.25) is 0 Å². The predicted molar refractivity (Wildman–Crippen MR) is 147 cm³/mol. The van der Waals surface area contributed by atoms with Crippen LogP contribution in [0.15, 0.2) is 77.3 Å². The highest BCUT2D eigenvalue weighted by Crippen LogP contribution is 2.37. The van der Waals surface area contributed by atoms with Gasteiger partial charge in [-0.2, -0.15) is 0 Å². The van der Waals surface area contributed by atoms with Crippen LogP contribution in [0.4, 0.5) is 13.2 Å². The van der Waals surface area contributed by atoms with E-state index in [0.29, 0.717) is 50.0 Å². The summed E-state index contributed by atoms with van der Waals surface area (Å²) in [5, 5.41) is 5.56. The monoisotopic (exact) mass is 597 g/mol. The van der Waals surface area contributed by atoms with Crippen molar-refractivity contribution in [1.29, 1.82) is 0 Å². The smallest absolute Gasteiger partial charge is 0.496 e. The van der Waals surface area contributed by atoms with Gasteiger partial charge < -0.3 is 28.1 Å². The largest absolute Gasteiger partial charge is 0.573 e. The quantitative estimate of drug-likeness (QED) is 0.163. The standard InChI is InChI=1S/C29H22F3N3O6S/c1-36-21-11-24(22-13-26(40-25(22)12-21)23-14-35-27(33-23)42-28(34-35)37-2)39-16-18-4-3-5-20(10-18)38-15-17-6-8-19(9-7-17)41-29(30,31)32/h3-14H,15-16H2,1-2H3. The molecule has 0 saturated carbocycles. The average Bonchev–Trinajstić information content (AvgIpc) is 3.68. The number of hydrogen-bond donors (Lipinski definition) is 0. The average molecular weight is 598 g/mol. The summed E-state index contributed by atoms with van der Waals surface area (Å²) in [6.45, 7) is 0.395. The first kappa shape index (κ1) is 27.3. The van der Waals surface area contributed by atoms with Gasteiger partial charge in [0.1, 0.15) is 47.5 Å². The topological polar surface area (TPSA) is 89.5 Å². The minimum atomic E-state index is -4.74. The van der Waals surface area contributed by atoms with Crippen LogP contribution in [0.2, 0.25) is 0 Å². The van der Waals surface area contributed by atoms with E-state index >= 15 is 0 Å². The summed E-state index contributed by atoms with van der Waals surface area (Å²) in [4.78, 5) is 5.26. The van der Waals surface area contributed by atoms with Crippen LogP contribution in [-0.4, -0.2) is 35.2 Å². The highest BCUT2D eigenvalue weighted by Gasteiger charge is 2.31. The molecule has 0 radical (unpaired) electrons. The Hall–Kier alpha value is -4.91. The van der Waals surface area contributed by atoms with Gasteiger partial charge in [0.25, 0.3) is 5.19 Å². The van der Waals surface area contributed by atoms with Gasteiger partial charge in [-0.1, -0.05) is 24.3 Å². The zero-order chi connectivity index (χ0) is 29.3. The highest BCUT2D eigenvalue weighted by atomic mass is 32.1. The molecule has 9 nitrogen and oxygen atoms in total. The molecular weight excluding hydrogens is 575 g/mol. The number of furan rings is 1. The lowest BCUT2D eigenvalue weighted by atomic mass is 10.2. The predicted octanol–water partition coefficient (Wildman–Crippen LogP) is 7.28. The Morgan fingerprint density at radius 3 is 2.40 bits per heavy atom. The second-order valence-corrected chi connectivity index (χ2v) is 9.91. The van der Waals surface area contributed by atoms with E-state index in [0.717, 1.165) is 10.9 Å². The molecule has 3 aromatic heterocycles. The number of alkyl halides is 3. The maximum absolute atomic E-state index is 12.4. The van der Waals surface area contributed by atoms with E-state index in [1.165, 1.54) is 35.6 Å². The summed E-state index contributed by atoms with van der Waals surface area (Å²) in [5.74, 6) is 1.97. The van der Waals surface area contributed by atoms with Crippen molar-refractivity contribution in [2.45, 2.75) is 19.6 Å². The summed E-state index contributed by atoms with van der Waals surface area (Å²) in [5.41, 5.74) is 2.72. The van der Waals surface area contributed by atoms with Crippen molar-refractivity contribution in [3.05, 3.63) is 84.1 Å². The number of hydrogen-bond acceptors (Lipinski definition) is 9. The number of benzene rings is 3. The molecule has 0 fully saturated rings. The number of rotatable bonds is 10. The second-order valence-electron chi connectivity index (χ2n) is 8.99. The van der Waals surface area contributed by atoms with Crippen LogP contribution in [-0.2, 0) is 13.2 Å². The van der Waals surface area contributed by atoms with Crippen LogP contribution < -0.4 is 23.7 Å². The van der Waals surface area contributed by atoms with Crippen LogP contribution in [0.5, 0.6) is 28.2 Å². The third-order valence-electron chi connectivity index (χ3n) is 6.12. The first-order valence-corrected chi connectivity index (χ1v) is 13.3. The molecule has 0 aliphatic carbocycles. The molecule has 0 aliphatic rings. The van der Waals surface area contributed by atoms with Crippen LogP contribution in [0, 0.1) is 0 Å². The molecule has 3 heterocycles. The molecule has 0 aliphatic heterocycles. The lowest BCUT2D eigenvalue weighted by Gasteiger charge is -2.12. The molecule has 42 heavy (non-hydrogen) atoms. The highest BCUT2D eigenvalue weighted by molar-refractivity contribution is 7.18. The van der Waals surface area contributed by atoms with Gasteiger partial charge in [-0.25, -0.2) is 9.50 Å². The Labute approximate surface area is 240 Å². The van der Waals surface area contributed by atoms with Gasteiger partial charge in [0, 0.05) is 12.1 Å². The molecule has 0 saturated heterocycles. The first-order valence-electron chi connectivity index (χ1n) is 12.5. The maximum Gasteiger partial charge on any atom is 0.573 e. The molecule has 0 unspecified atom stereocenters. The second kappa shape index (κ2) is 11.2. The van der Waals surface area contributed by atoms with E-state index in [1.807, 2.05) is 24.3 Å². The van der Waals surface area contributed by atoms with Crippen molar-refractivity contribution in [2.75, 3.05) is 14.2 Å². The fraction of sp³-hybridized carbons (Fsp3) is 0.172. The Morgan fingerprint density at radius 2 is 1.67 bits per heavy atom. The van der Waals surface area contributed by atoms with Gasteiger partial charge in [0.2, 0.25) is 4.96 Å². The van der Waals surface area contributed by atoms with E-state index < -0.39 is 6.36 Å². The molecular formula is C29H22F3N3O6S. The molecule has 0 bridgehead atoms. The maximum atomic E-state index is 12.4. The summed E-state index contributed by atoms with van der Waals surface area (Å²) >= 11 is 1.32. The van der Waals surface area contributed by atoms with Crippen molar-refractivity contribution < 1.29 is 41.3 Å². The molecule has 0 amide bonds. The van der Waals surface area contributed by atoms with Crippen LogP contribution in [0.1, 0.15) is 11.1 Å². The number of methoxy groups -OCH3 is 2. The normalized spacial score (nSPS) is 11.6. The Balaban J connectivity index is 1.15. The molecule has 13 heteroatoms. The fourth-order valence-corrected chi connectivity index (χ4v) is 4.87. The number of aromatic nitrogens is 3. The first-order chi connectivity index (χ1) is 20.3. The van der Waals surface area contributed by atoms with E-state index in [1.54, 1.807) is 43.1 Å². The molecule has 6 aromatic rings. The number of nitrogens with zero attached hydrogens (tertiary/aromatic N) is 3. The minimum Gasteiger partial charge on any atom is -0.496 e. The van der Waals surface area contributed by atoms with Gasteiger partial charge in [0.05, 0.1) is 25.8 Å². The SMILES string of the molecule is COc1cc(OCc2cccc(OCc3ccc(OC(F)(F)F)cc3)c2)c2cc(-c3cn4nc(OC)sc4n3)oc2c1. The summed E-state index contributed by atoms with van der Waals surface area (Å²) < 4.78 is 71.4. The lowest BCUT2D eigenvalue weighted by molar-refractivity contribution is -0.274. The molecule has 3 aromatic carbocycles. The number of fused-ring (bicyclic) bond motifs is 2. The zero-order valence-electron chi connectivity index (χ0n) is 22.2. The van der Waals surface area contributed by atoms with Crippen LogP contribution in [0.3, 0.4) is 0 Å². The molecule has 0 spiro atoms. The lowest BCUT2D eigenvalue weighted by Crippen LogP contribution is -2.17. The van der Waals surface area contributed by atoms with E-state index in [9.17, 15) is 13.2 Å². The van der Waals surface area contributed by atoms with Gasteiger partial charge in [-0.05, 0) is 52.8 Å². The number of halogens is 3. The minimum absolute atomic E-state index is 0.166. The van der Waals surface area contributed by atoms with Crippen molar-refractivity contribution >= 4 is 27.3 Å². The van der Waals surface area contributed by atoms with Gasteiger partial charge in [0.15, 0.2) is 5.76 Å².